The first-order valence-electron chi connectivity index (χ1n) is 14.5. The van der Waals surface area contributed by atoms with Crippen LogP contribution in [0.25, 0.3) is 22.3 Å². The molecule has 1 aliphatic rings. The molecule has 3 nitrogen and oxygen atoms in total. The predicted octanol–water partition coefficient (Wildman–Crippen LogP) is 7.43. The molecule has 4 aromatic rings. The van der Waals surface area contributed by atoms with Crippen molar-refractivity contribution < 1.29 is 5.11 Å². The summed E-state index contributed by atoms with van der Waals surface area (Å²) in [6.45, 7) is 23.9. The van der Waals surface area contributed by atoms with E-state index in [0.717, 1.165) is 27.7 Å². The van der Waals surface area contributed by atoms with E-state index in [1.807, 2.05) is 6.92 Å². The maximum absolute atomic E-state index is 11.6. The largest absolute Gasteiger partial charge is 0.507 e. The van der Waals surface area contributed by atoms with Gasteiger partial charge in [-0.3, -0.25) is 4.99 Å². The smallest absolute Gasteiger partial charge is 0.154 e. The molecule has 0 bridgehead atoms. The number of rotatable bonds is 4. The van der Waals surface area contributed by atoms with E-state index < -0.39 is 0 Å². The number of hydrogen-bond donors (Lipinski definition) is 1. The van der Waals surface area contributed by atoms with Crippen LogP contribution >= 0.6 is 0 Å². The number of amidine groups is 1. The summed E-state index contributed by atoms with van der Waals surface area (Å²) in [5, 5.41) is 11.6. The summed E-state index contributed by atoms with van der Waals surface area (Å²) in [5.41, 5.74) is 18.9. The fourth-order valence-corrected chi connectivity index (χ4v) is 6.89. The van der Waals surface area contributed by atoms with Crippen molar-refractivity contribution in [1.82, 2.24) is 0 Å². The quantitative estimate of drug-likeness (QED) is 0.163. The van der Waals surface area contributed by atoms with E-state index in [0.29, 0.717) is 18.1 Å². The Labute approximate surface area is 246 Å². The first-order chi connectivity index (χ1) is 19.3. The Kier molecular flexibility index (Phi) is 7.10. The molecule has 0 unspecified atom stereocenters. The predicted molar refractivity (Wildman–Crippen MR) is 179 cm³/mol. The van der Waals surface area contributed by atoms with Crippen LogP contribution in [0, 0.1) is 48.5 Å². The second-order valence-electron chi connectivity index (χ2n) is 12.3. The highest BCUT2D eigenvalue weighted by Crippen LogP contribution is 2.48. The summed E-state index contributed by atoms with van der Waals surface area (Å²) in [6, 6.07) is 15.1. The lowest BCUT2D eigenvalue weighted by atomic mass is 9.76. The molecule has 1 N–H and O–H groups in total. The molecule has 5 rings (SSSR count). The first-order valence-corrected chi connectivity index (χ1v) is 14.5. The standard InChI is InChI=1S/C37H41BN2O/c1-19-20(2)22(4)32(23(5)21(19)3)33-24(6)34(38)29(35(41)25(33)7)18-40-36(39-10)26-15-16-28-27-13-11-12-14-30(27)37(8,9)31(28)17-26/h11-17,41H,10,18,38H2,1-9H3/b40-36-. The Morgan fingerprint density at radius 2 is 1.32 bits per heavy atom. The Morgan fingerprint density at radius 3 is 1.95 bits per heavy atom. The summed E-state index contributed by atoms with van der Waals surface area (Å²) in [5.74, 6) is 0.907. The van der Waals surface area contributed by atoms with Gasteiger partial charge >= 0.3 is 0 Å². The van der Waals surface area contributed by atoms with Gasteiger partial charge in [0.05, 0.1) is 6.54 Å². The Hall–Kier alpha value is -3.92. The lowest BCUT2D eigenvalue weighted by Crippen LogP contribution is -2.18. The van der Waals surface area contributed by atoms with Crippen molar-refractivity contribution in [2.75, 3.05) is 0 Å². The topological polar surface area (TPSA) is 45.0 Å². The molecule has 4 aromatic carbocycles. The molecular formula is C37H41BN2O. The van der Waals surface area contributed by atoms with Crippen molar-refractivity contribution in [2.45, 2.75) is 74.3 Å². The van der Waals surface area contributed by atoms with Crippen LogP contribution in [0.1, 0.15) is 75.0 Å². The first kappa shape index (κ1) is 28.6. The minimum absolute atomic E-state index is 0.101. The molecule has 0 saturated heterocycles. The number of aromatic hydroxyl groups is 1. The maximum Gasteiger partial charge on any atom is 0.154 e. The Morgan fingerprint density at radius 1 is 0.756 bits per heavy atom. The summed E-state index contributed by atoms with van der Waals surface area (Å²) in [6.07, 6.45) is 0. The van der Waals surface area contributed by atoms with Crippen molar-refractivity contribution in [1.29, 1.82) is 0 Å². The summed E-state index contributed by atoms with van der Waals surface area (Å²) in [7, 11) is 2.09. The molecule has 0 fully saturated rings. The third-order valence-electron chi connectivity index (χ3n) is 10.0. The van der Waals surface area contributed by atoms with Gasteiger partial charge in [0.25, 0.3) is 0 Å². The van der Waals surface area contributed by atoms with Crippen LogP contribution < -0.4 is 5.46 Å². The van der Waals surface area contributed by atoms with Gasteiger partial charge in [0, 0.05) is 16.5 Å². The highest BCUT2D eigenvalue weighted by atomic mass is 16.3. The van der Waals surface area contributed by atoms with Gasteiger partial charge < -0.3 is 5.11 Å². The average molecular weight is 541 g/mol. The zero-order chi connectivity index (χ0) is 30.0. The number of aliphatic imine (C=N–C) groups is 2. The van der Waals surface area contributed by atoms with Gasteiger partial charge in [-0.2, -0.15) is 0 Å². The molecule has 41 heavy (non-hydrogen) atoms. The summed E-state index contributed by atoms with van der Waals surface area (Å²) < 4.78 is 0. The second kappa shape index (κ2) is 10.2. The highest BCUT2D eigenvalue weighted by molar-refractivity contribution is 6.35. The van der Waals surface area contributed by atoms with E-state index in [4.69, 9.17) is 4.99 Å². The molecule has 4 heteroatoms. The minimum atomic E-state index is -0.101. The zero-order valence-corrected chi connectivity index (χ0v) is 26.3. The van der Waals surface area contributed by atoms with Gasteiger partial charge in [-0.1, -0.05) is 55.7 Å². The van der Waals surface area contributed by atoms with Crippen molar-refractivity contribution in [2.24, 2.45) is 9.98 Å². The van der Waals surface area contributed by atoms with E-state index in [1.165, 1.54) is 61.2 Å². The molecule has 1 aliphatic carbocycles. The van der Waals surface area contributed by atoms with Gasteiger partial charge in [0.15, 0.2) is 5.84 Å². The van der Waals surface area contributed by atoms with Crippen molar-refractivity contribution in [3.63, 3.8) is 0 Å². The third-order valence-corrected chi connectivity index (χ3v) is 10.0. The molecule has 0 amide bonds. The van der Waals surface area contributed by atoms with E-state index in [2.05, 4.69) is 117 Å². The summed E-state index contributed by atoms with van der Waals surface area (Å²) >= 11 is 0. The van der Waals surface area contributed by atoms with Crippen LogP contribution in [0.2, 0.25) is 0 Å². The van der Waals surface area contributed by atoms with Crippen LogP contribution in [0.3, 0.4) is 0 Å². The molecule has 0 radical (unpaired) electrons. The Balaban J connectivity index is 1.57. The average Bonchev–Trinajstić information content (AvgIpc) is 3.19. The van der Waals surface area contributed by atoms with E-state index in [9.17, 15) is 5.11 Å². The van der Waals surface area contributed by atoms with Crippen molar-refractivity contribution >= 4 is 25.9 Å². The van der Waals surface area contributed by atoms with Crippen LogP contribution in [-0.2, 0) is 12.0 Å². The zero-order valence-electron chi connectivity index (χ0n) is 26.3. The summed E-state index contributed by atoms with van der Waals surface area (Å²) in [4.78, 5) is 9.25. The Bertz CT molecular complexity index is 1730. The van der Waals surface area contributed by atoms with Crippen LogP contribution in [0.15, 0.2) is 52.4 Å². The normalized spacial score (nSPS) is 13.7. The molecule has 0 heterocycles. The third kappa shape index (κ3) is 4.27. The van der Waals surface area contributed by atoms with E-state index in [-0.39, 0.29) is 5.41 Å². The SMILES string of the molecule is Bc1c(C)c(-c2c(C)c(C)c(C)c(C)c2C)c(C)c(O)c1C/N=C(\N=C)c1ccc2c(c1)C(C)(C)c1ccccc1-2. The lowest BCUT2D eigenvalue weighted by Gasteiger charge is -2.25. The van der Waals surface area contributed by atoms with Crippen LogP contribution in [-0.4, -0.2) is 25.5 Å². The molecule has 0 aliphatic heterocycles. The van der Waals surface area contributed by atoms with E-state index >= 15 is 0 Å². The van der Waals surface area contributed by atoms with Crippen molar-refractivity contribution in [3.05, 3.63) is 104 Å². The van der Waals surface area contributed by atoms with Crippen molar-refractivity contribution in [3.8, 4) is 28.0 Å². The van der Waals surface area contributed by atoms with Gasteiger partial charge in [-0.25, -0.2) is 4.99 Å². The monoisotopic (exact) mass is 540 g/mol. The molecule has 0 atom stereocenters. The minimum Gasteiger partial charge on any atom is -0.507 e. The van der Waals surface area contributed by atoms with Gasteiger partial charge in [0.1, 0.15) is 13.6 Å². The number of phenols is 1. The number of hydrogen-bond acceptors (Lipinski definition) is 2. The van der Waals surface area contributed by atoms with Crippen LogP contribution in [0.5, 0.6) is 5.75 Å². The van der Waals surface area contributed by atoms with Gasteiger partial charge in [-0.15, -0.1) is 0 Å². The molecule has 208 valence electrons. The molecular weight excluding hydrogens is 499 g/mol. The highest BCUT2D eigenvalue weighted by Gasteiger charge is 2.35. The number of fused-ring (bicyclic) bond motifs is 3. The fourth-order valence-electron chi connectivity index (χ4n) is 6.89. The molecule has 0 saturated carbocycles. The second-order valence-corrected chi connectivity index (χ2v) is 12.3. The molecule has 0 spiro atoms. The van der Waals surface area contributed by atoms with Gasteiger partial charge in [0.2, 0.25) is 0 Å². The maximum atomic E-state index is 11.6. The van der Waals surface area contributed by atoms with Crippen LogP contribution in [0.4, 0.5) is 0 Å². The number of nitrogens with zero attached hydrogens (tertiary/aromatic N) is 2. The van der Waals surface area contributed by atoms with E-state index in [1.54, 1.807) is 0 Å². The number of phenolic OH excluding ortho intramolecular Hbond substituents is 1. The van der Waals surface area contributed by atoms with Gasteiger partial charge in [-0.05, 0) is 134 Å². The number of benzene rings is 4. The molecule has 0 aromatic heterocycles. The lowest BCUT2D eigenvalue weighted by molar-refractivity contribution is 0.465. The fraction of sp³-hybridized carbons (Fsp3) is 0.297.